The van der Waals surface area contributed by atoms with E-state index < -0.39 is 11.7 Å². The predicted octanol–water partition coefficient (Wildman–Crippen LogP) is 3.65. The van der Waals surface area contributed by atoms with Crippen molar-refractivity contribution in [2.24, 2.45) is 0 Å². The number of aromatic nitrogens is 1. The van der Waals surface area contributed by atoms with Crippen LogP contribution in [0.3, 0.4) is 0 Å². The van der Waals surface area contributed by atoms with Crippen LogP contribution in [0.15, 0.2) is 23.6 Å². The maximum atomic E-state index is 12.2. The Kier molecular flexibility index (Phi) is 3.55. The zero-order chi connectivity index (χ0) is 15.1. The van der Waals surface area contributed by atoms with E-state index >= 15 is 0 Å². The summed E-state index contributed by atoms with van der Waals surface area (Å²) in [7, 11) is 0. The van der Waals surface area contributed by atoms with E-state index in [0.29, 0.717) is 28.7 Å². The molecule has 108 valence electrons. The van der Waals surface area contributed by atoms with Crippen molar-refractivity contribution in [3.05, 3.63) is 44.9 Å². The number of fused-ring (bicyclic) bond motifs is 1. The number of thiazole rings is 1. The molecule has 1 aromatic carbocycles. The van der Waals surface area contributed by atoms with Gasteiger partial charge in [0, 0.05) is 11.3 Å². The van der Waals surface area contributed by atoms with Crippen molar-refractivity contribution in [2.75, 3.05) is 4.90 Å². The molecule has 1 aromatic heterocycles. The second-order valence-corrected chi connectivity index (χ2v) is 6.48. The Morgan fingerprint density at radius 1 is 1.33 bits per heavy atom. The van der Waals surface area contributed by atoms with Crippen molar-refractivity contribution in [3.63, 3.8) is 0 Å². The van der Waals surface area contributed by atoms with Crippen LogP contribution in [-0.4, -0.2) is 16.7 Å². The maximum Gasteiger partial charge on any atom is 0.299 e. The van der Waals surface area contributed by atoms with Crippen molar-refractivity contribution in [2.45, 2.75) is 26.3 Å². The molecule has 0 radical (unpaired) electrons. The van der Waals surface area contributed by atoms with Gasteiger partial charge in [0.25, 0.3) is 11.7 Å². The van der Waals surface area contributed by atoms with Gasteiger partial charge >= 0.3 is 0 Å². The summed E-state index contributed by atoms with van der Waals surface area (Å²) in [5.74, 6) is -0.742. The minimum Gasteiger partial charge on any atom is -0.299 e. The Balaban J connectivity index is 1.95. The Morgan fingerprint density at radius 2 is 2.10 bits per heavy atom. The first-order chi connectivity index (χ1) is 9.99. The Hall–Kier alpha value is -1.72. The zero-order valence-corrected chi connectivity index (χ0v) is 13.2. The van der Waals surface area contributed by atoms with Crippen LogP contribution in [0.25, 0.3) is 0 Å². The van der Waals surface area contributed by atoms with Crippen LogP contribution in [0, 0.1) is 0 Å². The van der Waals surface area contributed by atoms with Crippen LogP contribution in [-0.2, 0) is 11.3 Å². The quantitative estimate of drug-likeness (QED) is 0.811. The summed E-state index contributed by atoms with van der Waals surface area (Å²) in [4.78, 5) is 30.1. The van der Waals surface area contributed by atoms with Crippen molar-refractivity contribution >= 4 is 40.3 Å². The van der Waals surface area contributed by atoms with E-state index in [-0.39, 0.29) is 0 Å². The third-order valence-corrected chi connectivity index (χ3v) is 4.84. The lowest BCUT2D eigenvalue weighted by Crippen LogP contribution is -2.29. The van der Waals surface area contributed by atoms with E-state index in [1.165, 1.54) is 4.90 Å². The number of amides is 1. The van der Waals surface area contributed by atoms with Gasteiger partial charge in [-0.2, -0.15) is 0 Å². The number of benzene rings is 1. The molecule has 1 aliphatic heterocycles. The Bertz CT molecular complexity index is 739. The van der Waals surface area contributed by atoms with Crippen molar-refractivity contribution in [1.29, 1.82) is 0 Å². The highest BCUT2D eigenvalue weighted by Gasteiger charge is 2.37. The topological polar surface area (TPSA) is 50.3 Å². The fraction of sp³-hybridized carbons (Fsp3) is 0.267. The van der Waals surface area contributed by atoms with E-state index in [9.17, 15) is 9.59 Å². The summed E-state index contributed by atoms with van der Waals surface area (Å²) < 4.78 is 0. The highest BCUT2D eigenvalue weighted by atomic mass is 35.5. The standard InChI is InChI=1S/C15H13ClN2O2S/c1-8(2)14-17-9(7-21-14)6-18-11-5-3-4-10(16)12(11)13(19)15(18)20/h3-5,7-8H,6H2,1-2H3. The van der Waals surface area contributed by atoms with Gasteiger partial charge in [-0.15, -0.1) is 11.3 Å². The largest absolute Gasteiger partial charge is 0.299 e. The van der Waals surface area contributed by atoms with Crippen LogP contribution in [0.2, 0.25) is 5.02 Å². The lowest BCUT2D eigenvalue weighted by molar-refractivity contribution is -0.114. The highest BCUT2D eigenvalue weighted by Crippen LogP contribution is 2.35. The van der Waals surface area contributed by atoms with E-state index in [0.717, 1.165) is 10.7 Å². The number of Topliss-reactive ketones (excluding diaryl/α,β-unsaturated/α-hetero) is 1. The number of ketones is 1. The molecule has 4 nitrogen and oxygen atoms in total. The second kappa shape index (κ2) is 5.24. The molecule has 6 heteroatoms. The van der Waals surface area contributed by atoms with Crippen molar-refractivity contribution < 1.29 is 9.59 Å². The van der Waals surface area contributed by atoms with E-state index in [4.69, 9.17) is 11.6 Å². The van der Waals surface area contributed by atoms with Crippen molar-refractivity contribution in [1.82, 2.24) is 4.98 Å². The first-order valence-corrected chi connectivity index (χ1v) is 7.83. The monoisotopic (exact) mass is 320 g/mol. The van der Waals surface area contributed by atoms with Gasteiger partial charge in [0.2, 0.25) is 0 Å². The molecule has 0 unspecified atom stereocenters. The third kappa shape index (κ3) is 2.36. The van der Waals surface area contributed by atoms with Gasteiger partial charge < -0.3 is 0 Å². The number of anilines is 1. The molecule has 0 N–H and O–H groups in total. The van der Waals surface area contributed by atoms with E-state index in [2.05, 4.69) is 18.8 Å². The molecule has 0 bridgehead atoms. The van der Waals surface area contributed by atoms with Gasteiger partial charge in [0.15, 0.2) is 0 Å². The number of hydrogen-bond acceptors (Lipinski definition) is 4. The van der Waals surface area contributed by atoms with Crippen LogP contribution in [0.5, 0.6) is 0 Å². The number of halogens is 1. The molecule has 2 heterocycles. The molecule has 0 fully saturated rings. The van der Waals surface area contributed by atoms with Gasteiger partial charge in [-0.1, -0.05) is 31.5 Å². The normalized spacial score (nSPS) is 14.2. The fourth-order valence-electron chi connectivity index (χ4n) is 2.28. The van der Waals surface area contributed by atoms with E-state index in [1.54, 1.807) is 29.5 Å². The molecule has 1 amide bonds. The molecule has 21 heavy (non-hydrogen) atoms. The lowest BCUT2D eigenvalue weighted by Gasteiger charge is -2.15. The lowest BCUT2D eigenvalue weighted by atomic mass is 10.1. The van der Waals surface area contributed by atoms with Gasteiger partial charge in [-0.25, -0.2) is 4.98 Å². The average Bonchev–Trinajstić information content (AvgIpc) is 3.00. The molecule has 3 rings (SSSR count). The average molecular weight is 321 g/mol. The molecule has 0 spiro atoms. The molecular formula is C15H13ClN2O2S. The van der Waals surface area contributed by atoms with Crippen LogP contribution in [0.4, 0.5) is 5.69 Å². The van der Waals surface area contributed by atoms with Crippen LogP contribution in [0.1, 0.15) is 40.8 Å². The summed E-state index contributed by atoms with van der Waals surface area (Å²) in [6, 6.07) is 5.09. The second-order valence-electron chi connectivity index (χ2n) is 5.19. The molecular weight excluding hydrogens is 308 g/mol. The Morgan fingerprint density at radius 3 is 2.76 bits per heavy atom. The summed E-state index contributed by atoms with van der Waals surface area (Å²) >= 11 is 7.60. The first kappa shape index (κ1) is 14.2. The van der Waals surface area contributed by atoms with Crippen molar-refractivity contribution in [3.8, 4) is 0 Å². The van der Waals surface area contributed by atoms with Gasteiger partial charge in [-0.05, 0) is 12.1 Å². The number of carbonyl (C=O) groups excluding carboxylic acids is 2. The minimum atomic E-state index is -0.546. The van der Waals surface area contributed by atoms with E-state index in [1.807, 2.05) is 5.38 Å². The smallest absolute Gasteiger partial charge is 0.299 e. The molecule has 0 atom stereocenters. The number of carbonyl (C=O) groups is 2. The third-order valence-electron chi connectivity index (χ3n) is 3.33. The molecule has 0 saturated carbocycles. The number of hydrogen-bond donors (Lipinski definition) is 0. The maximum absolute atomic E-state index is 12.2. The predicted molar refractivity (Wildman–Crippen MR) is 83.2 cm³/mol. The summed E-state index contributed by atoms with van der Waals surface area (Å²) in [6.07, 6.45) is 0. The van der Waals surface area contributed by atoms with Gasteiger partial charge in [0.05, 0.1) is 33.5 Å². The zero-order valence-electron chi connectivity index (χ0n) is 11.6. The summed E-state index contributed by atoms with van der Waals surface area (Å²) in [5.41, 5.74) is 1.65. The summed E-state index contributed by atoms with van der Waals surface area (Å²) in [6.45, 7) is 4.44. The Labute approximate surface area is 131 Å². The SMILES string of the molecule is CC(C)c1nc(CN2C(=O)C(=O)c3c(Cl)cccc32)cs1. The highest BCUT2D eigenvalue weighted by molar-refractivity contribution is 7.09. The molecule has 2 aromatic rings. The van der Waals surface area contributed by atoms with Crippen LogP contribution >= 0.6 is 22.9 Å². The number of rotatable bonds is 3. The summed E-state index contributed by atoms with van der Waals surface area (Å²) in [5, 5.41) is 3.26. The van der Waals surface area contributed by atoms with Crippen LogP contribution < -0.4 is 4.90 Å². The number of nitrogens with zero attached hydrogens (tertiary/aromatic N) is 2. The molecule has 0 aliphatic carbocycles. The molecule has 0 saturated heterocycles. The minimum absolute atomic E-state index is 0.293. The molecule has 1 aliphatic rings. The first-order valence-electron chi connectivity index (χ1n) is 6.58. The van der Waals surface area contributed by atoms with Gasteiger partial charge in [0.1, 0.15) is 0 Å². The van der Waals surface area contributed by atoms with Gasteiger partial charge in [-0.3, -0.25) is 14.5 Å². The fourth-order valence-corrected chi connectivity index (χ4v) is 3.36.